The highest BCUT2D eigenvalue weighted by Gasteiger charge is 2.29. The lowest BCUT2D eigenvalue weighted by Crippen LogP contribution is -2.25. The first kappa shape index (κ1) is 18.4. The number of esters is 1. The number of nitro groups is 1. The molecule has 0 fully saturated rings. The van der Waals surface area contributed by atoms with Crippen LogP contribution in [0.3, 0.4) is 0 Å². The van der Waals surface area contributed by atoms with Gasteiger partial charge in [0.05, 0.1) is 11.0 Å². The maximum absolute atomic E-state index is 12.5. The van der Waals surface area contributed by atoms with Crippen LogP contribution in [0.2, 0.25) is 0 Å². The number of hydrogen-bond donors (Lipinski definition) is 0. The molecule has 0 aromatic heterocycles. The van der Waals surface area contributed by atoms with Crippen molar-refractivity contribution in [2.45, 2.75) is 20.0 Å². The molecule has 0 unspecified atom stereocenters. The molecule has 0 saturated carbocycles. The Bertz CT molecular complexity index is 905. The Morgan fingerprint density at radius 2 is 1.70 bits per heavy atom. The monoisotopic (exact) mass is 371 g/mol. The molecule has 1 aliphatic rings. The fraction of sp³-hybridized carbons (Fsp3) is 0.263. The Labute approximate surface area is 154 Å². The van der Waals surface area contributed by atoms with Gasteiger partial charge < -0.3 is 14.2 Å². The average Bonchev–Trinajstić information content (AvgIpc) is 2.66. The molecule has 8 heteroatoms. The first-order valence-corrected chi connectivity index (χ1v) is 8.26. The predicted octanol–water partition coefficient (Wildman–Crippen LogP) is 3.10. The van der Waals surface area contributed by atoms with Crippen molar-refractivity contribution in [3.63, 3.8) is 0 Å². The van der Waals surface area contributed by atoms with Crippen molar-refractivity contribution in [2.75, 3.05) is 13.2 Å². The Balaban J connectivity index is 1.83. The minimum atomic E-state index is -1.10. The third-order valence-electron chi connectivity index (χ3n) is 4.07. The summed E-state index contributed by atoms with van der Waals surface area (Å²) in [5.41, 5.74) is 0.604. The molecular weight excluding hydrogens is 354 g/mol. The molecule has 0 radical (unpaired) electrons. The summed E-state index contributed by atoms with van der Waals surface area (Å²) in [6, 6.07) is 9.14. The summed E-state index contributed by atoms with van der Waals surface area (Å²) in [6.07, 6.45) is -1.10. The van der Waals surface area contributed by atoms with E-state index in [2.05, 4.69) is 0 Å². The van der Waals surface area contributed by atoms with E-state index in [1.165, 1.54) is 13.0 Å². The minimum absolute atomic E-state index is 0.188. The second-order valence-electron chi connectivity index (χ2n) is 6.05. The standard InChI is InChI=1S/C19H17NO7/c1-11-3-5-13(6-4-11)18(21)12(2)27-19(22)14-9-16-17(26-8-7-25-16)10-15(14)20(23)24/h3-6,9-10,12H,7-8H2,1-2H3/t12-/m1/s1. The van der Waals surface area contributed by atoms with Gasteiger partial charge in [-0.3, -0.25) is 14.9 Å². The van der Waals surface area contributed by atoms with Gasteiger partial charge in [-0.15, -0.1) is 0 Å². The third kappa shape index (κ3) is 3.89. The van der Waals surface area contributed by atoms with E-state index in [9.17, 15) is 19.7 Å². The largest absolute Gasteiger partial charge is 0.486 e. The quantitative estimate of drug-likeness (QED) is 0.344. The molecule has 3 rings (SSSR count). The van der Waals surface area contributed by atoms with Gasteiger partial charge in [0, 0.05) is 11.6 Å². The number of carbonyl (C=O) groups excluding carboxylic acids is 2. The number of ketones is 1. The number of fused-ring (bicyclic) bond motifs is 1. The van der Waals surface area contributed by atoms with Gasteiger partial charge in [-0.1, -0.05) is 29.8 Å². The Kier molecular flexibility index (Phi) is 5.07. The normalized spacial score (nSPS) is 13.6. The number of aryl methyl sites for hydroxylation is 1. The number of ether oxygens (including phenoxy) is 3. The van der Waals surface area contributed by atoms with E-state index < -0.39 is 28.5 Å². The summed E-state index contributed by atoms with van der Waals surface area (Å²) in [6.45, 7) is 3.83. The summed E-state index contributed by atoms with van der Waals surface area (Å²) in [7, 11) is 0. The predicted molar refractivity (Wildman–Crippen MR) is 94.5 cm³/mol. The van der Waals surface area contributed by atoms with Crippen molar-refractivity contribution < 1.29 is 28.7 Å². The first-order valence-electron chi connectivity index (χ1n) is 8.26. The van der Waals surface area contributed by atoms with Crippen LogP contribution in [0.15, 0.2) is 36.4 Å². The summed E-state index contributed by atoms with van der Waals surface area (Å²) in [4.78, 5) is 35.5. The van der Waals surface area contributed by atoms with E-state index in [0.29, 0.717) is 5.56 Å². The highest BCUT2D eigenvalue weighted by molar-refractivity contribution is 6.02. The van der Waals surface area contributed by atoms with Crippen molar-refractivity contribution in [3.8, 4) is 11.5 Å². The maximum atomic E-state index is 12.5. The Hall–Kier alpha value is -3.42. The van der Waals surface area contributed by atoms with Crippen molar-refractivity contribution in [1.82, 2.24) is 0 Å². The van der Waals surface area contributed by atoms with E-state index >= 15 is 0 Å². The third-order valence-corrected chi connectivity index (χ3v) is 4.07. The first-order chi connectivity index (χ1) is 12.9. The summed E-state index contributed by atoms with van der Waals surface area (Å²) < 4.78 is 15.8. The molecule has 1 atom stereocenters. The lowest BCUT2D eigenvalue weighted by Gasteiger charge is -2.19. The van der Waals surface area contributed by atoms with Crippen LogP contribution < -0.4 is 9.47 Å². The van der Waals surface area contributed by atoms with E-state index in [1.54, 1.807) is 24.3 Å². The van der Waals surface area contributed by atoms with Gasteiger partial charge in [-0.25, -0.2) is 4.79 Å². The van der Waals surface area contributed by atoms with Crippen LogP contribution in [0.4, 0.5) is 5.69 Å². The minimum Gasteiger partial charge on any atom is -0.486 e. The molecule has 0 bridgehead atoms. The van der Waals surface area contributed by atoms with E-state index in [-0.39, 0.29) is 30.3 Å². The maximum Gasteiger partial charge on any atom is 0.346 e. The molecule has 140 valence electrons. The van der Waals surface area contributed by atoms with Crippen LogP contribution in [-0.2, 0) is 4.74 Å². The Morgan fingerprint density at radius 3 is 2.30 bits per heavy atom. The lowest BCUT2D eigenvalue weighted by atomic mass is 10.1. The molecule has 2 aromatic rings. The number of hydrogen-bond acceptors (Lipinski definition) is 7. The number of nitro benzene ring substituents is 1. The molecule has 1 heterocycles. The zero-order valence-corrected chi connectivity index (χ0v) is 14.8. The van der Waals surface area contributed by atoms with Gasteiger partial charge in [-0.05, 0) is 13.8 Å². The van der Waals surface area contributed by atoms with Crippen LogP contribution in [0.5, 0.6) is 11.5 Å². The molecule has 0 amide bonds. The summed E-state index contributed by atoms with van der Waals surface area (Å²) >= 11 is 0. The van der Waals surface area contributed by atoms with Crippen molar-refractivity contribution in [1.29, 1.82) is 0 Å². The van der Waals surface area contributed by atoms with Crippen LogP contribution in [-0.4, -0.2) is 36.0 Å². The van der Waals surface area contributed by atoms with Gasteiger partial charge >= 0.3 is 5.97 Å². The van der Waals surface area contributed by atoms with Gasteiger partial charge in [0.1, 0.15) is 18.8 Å². The molecule has 2 aromatic carbocycles. The van der Waals surface area contributed by atoms with Gasteiger partial charge in [0.25, 0.3) is 5.69 Å². The fourth-order valence-corrected chi connectivity index (χ4v) is 2.62. The lowest BCUT2D eigenvalue weighted by molar-refractivity contribution is -0.385. The van der Waals surface area contributed by atoms with Crippen LogP contribution >= 0.6 is 0 Å². The van der Waals surface area contributed by atoms with Crippen LogP contribution in [0, 0.1) is 17.0 Å². The van der Waals surface area contributed by atoms with Gasteiger partial charge in [-0.2, -0.15) is 0 Å². The molecule has 0 saturated heterocycles. The number of nitrogens with zero attached hydrogens (tertiary/aromatic N) is 1. The molecule has 0 spiro atoms. The number of rotatable bonds is 5. The average molecular weight is 371 g/mol. The van der Waals surface area contributed by atoms with Gasteiger partial charge in [0.2, 0.25) is 5.78 Å². The smallest absolute Gasteiger partial charge is 0.346 e. The molecule has 0 aliphatic carbocycles. The van der Waals surface area contributed by atoms with Crippen molar-refractivity contribution >= 4 is 17.4 Å². The fourth-order valence-electron chi connectivity index (χ4n) is 2.62. The van der Waals surface area contributed by atoms with Crippen LogP contribution in [0.25, 0.3) is 0 Å². The number of carbonyl (C=O) groups is 2. The second kappa shape index (κ2) is 7.45. The van der Waals surface area contributed by atoms with E-state index in [1.807, 2.05) is 6.92 Å². The number of benzene rings is 2. The molecule has 8 nitrogen and oxygen atoms in total. The Morgan fingerprint density at radius 1 is 1.11 bits per heavy atom. The van der Waals surface area contributed by atoms with Crippen molar-refractivity contribution in [2.24, 2.45) is 0 Å². The second-order valence-corrected chi connectivity index (χ2v) is 6.05. The highest BCUT2D eigenvalue weighted by Crippen LogP contribution is 2.37. The molecule has 27 heavy (non-hydrogen) atoms. The van der Waals surface area contributed by atoms with Crippen LogP contribution in [0.1, 0.15) is 33.2 Å². The van der Waals surface area contributed by atoms with Crippen molar-refractivity contribution in [3.05, 3.63) is 63.2 Å². The molecular formula is C19H17NO7. The topological polar surface area (TPSA) is 105 Å². The summed E-state index contributed by atoms with van der Waals surface area (Å²) in [5.74, 6) is -0.972. The molecule has 1 aliphatic heterocycles. The van der Waals surface area contributed by atoms with Gasteiger partial charge in [0.15, 0.2) is 17.6 Å². The SMILES string of the molecule is Cc1ccc(C(=O)[C@@H](C)OC(=O)c2cc3c(cc2[N+](=O)[O-])OCCO3)cc1. The number of Topliss-reactive ketones (excluding diaryl/α,β-unsaturated/α-hetero) is 1. The van der Waals surface area contributed by atoms with E-state index in [4.69, 9.17) is 14.2 Å². The summed E-state index contributed by atoms with van der Waals surface area (Å²) in [5, 5.41) is 11.3. The van der Waals surface area contributed by atoms with E-state index in [0.717, 1.165) is 11.6 Å². The zero-order valence-electron chi connectivity index (χ0n) is 14.8. The highest BCUT2D eigenvalue weighted by atomic mass is 16.6. The zero-order chi connectivity index (χ0) is 19.6. The molecule has 0 N–H and O–H groups in total.